The van der Waals surface area contributed by atoms with Crippen LogP contribution in [0.15, 0.2) is 18.5 Å². The Morgan fingerprint density at radius 1 is 1.58 bits per heavy atom. The van der Waals surface area contributed by atoms with Crippen LogP contribution in [-0.4, -0.2) is 24.8 Å². The van der Waals surface area contributed by atoms with Gasteiger partial charge in [-0.2, -0.15) is 0 Å². The van der Waals surface area contributed by atoms with E-state index in [0.29, 0.717) is 6.54 Å². The van der Waals surface area contributed by atoms with Crippen molar-refractivity contribution in [1.82, 2.24) is 4.57 Å². The molecule has 0 saturated heterocycles. The summed E-state index contributed by atoms with van der Waals surface area (Å²) in [5.74, 6) is 0. The molecule has 1 heterocycles. The van der Waals surface area contributed by atoms with E-state index in [9.17, 15) is 0 Å². The first-order valence-corrected chi connectivity index (χ1v) is 4.20. The quantitative estimate of drug-likeness (QED) is 0.700. The van der Waals surface area contributed by atoms with Gasteiger partial charge in [0.2, 0.25) is 0 Å². The predicted molar refractivity (Wildman–Crippen MR) is 49.1 cm³/mol. The molecule has 0 aliphatic rings. The molecule has 68 valence electrons. The number of hydrogen-bond acceptors (Lipinski definition) is 2. The Bertz CT molecular complexity index is 220. The van der Waals surface area contributed by atoms with Crippen LogP contribution in [0, 0.1) is 0 Å². The summed E-state index contributed by atoms with van der Waals surface area (Å²) in [6.45, 7) is 2.39. The Balaban J connectivity index is 2.41. The van der Waals surface area contributed by atoms with Gasteiger partial charge >= 0.3 is 0 Å². The monoisotopic (exact) mass is 168 g/mol. The third kappa shape index (κ3) is 2.68. The molecule has 0 unspecified atom stereocenters. The minimum Gasteiger partial charge on any atom is -0.383 e. The molecule has 12 heavy (non-hydrogen) atoms. The highest BCUT2D eigenvalue weighted by atomic mass is 16.5. The number of ether oxygens (including phenoxy) is 1. The lowest BCUT2D eigenvalue weighted by atomic mass is 10.2. The number of aromatic nitrogens is 1. The predicted octanol–water partition coefficient (Wildman–Crippen LogP) is 0.636. The Labute approximate surface area is 73.1 Å². The van der Waals surface area contributed by atoms with Crippen molar-refractivity contribution in [3.05, 3.63) is 24.0 Å². The van der Waals surface area contributed by atoms with Crippen LogP contribution < -0.4 is 5.73 Å². The highest BCUT2D eigenvalue weighted by Gasteiger charge is 1.94. The molecule has 0 aliphatic heterocycles. The van der Waals surface area contributed by atoms with Crippen LogP contribution >= 0.6 is 0 Å². The summed E-state index contributed by atoms with van der Waals surface area (Å²) in [5, 5.41) is 0. The van der Waals surface area contributed by atoms with E-state index in [4.69, 9.17) is 10.5 Å². The molecule has 0 spiro atoms. The average Bonchev–Trinajstić information content (AvgIpc) is 2.50. The second-order valence-corrected chi connectivity index (χ2v) is 2.79. The van der Waals surface area contributed by atoms with Gasteiger partial charge in [0.05, 0.1) is 6.61 Å². The second-order valence-electron chi connectivity index (χ2n) is 2.79. The summed E-state index contributed by atoms with van der Waals surface area (Å²) < 4.78 is 7.09. The highest BCUT2D eigenvalue weighted by molar-refractivity contribution is 5.10. The van der Waals surface area contributed by atoms with Gasteiger partial charge in [-0.05, 0) is 24.6 Å². The third-order valence-electron chi connectivity index (χ3n) is 1.80. The van der Waals surface area contributed by atoms with E-state index >= 15 is 0 Å². The zero-order chi connectivity index (χ0) is 8.81. The summed E-state index contributed by atoms with van der Waals surface area (Å²) >= 11 is 0. The minimum atomic E-state index is 0.717. The Kier molecular flexibility index (Phi) is 3.84. The van der Waals surface area contributed by atoms with Gasteiger partial charge in [0.15, 0.2) is 0 Å². The number of methoxy groups -OCH3 is 1. The molecular formula is C9H16N2O. The van der Waals surface area contributed by atoms with Crippen molar-refractivity contribution in [2.75, 3.05) is 20.3 Å². The van der Waals surface area contributed by atoms with Crippen molar-refractivity contribution in [3.8, 4) is 0 Å². The summed E-state index contributed by atoms with van der Waals surface area (Å²) in [6, 6.07) is 2.10. The smallest absolute Gasteiger partial charge is 0.0641 e. The molecule has 0 radical (unpaired) electrons. The zero-order valence-corrected chi connectivity index (χ0v) is 7.49. The molecule has 0 aliphatic carbocycles. The molecular weight excluding hydrogens is 152 g/mol. The average molecular weight is 168 g/mol. The van der Waals surface area contributed by atoms with Crippen LogP contribution in [-0.2, 0) is 17.7 Å². The Morgan fingerprint density at radius 2 is 2.42 bits per heavy atom. The first-order valence-electron chi connectivity index (χ1n) is 4.20. The minimum absolute atomic E-state index is 0.717. The number of hydrogen-bond donors (Lipinski definition) is 1. The molecule has 1 aromatic rings. The SMILES string of the molecule is COCCn1ccc(CCN)c1. The maximum absolute atomic E-state index is 5.44. The van der Waals surface area contributed by atoms with Crippen molar-refractivity contribution in [1.29, 1.82) is 0 Å². The van der Waals surface area contributed by atoms with Crippen molar-refractivity contribution < 1.29 is 4.74 Å². The van der Waals surface area contributed by atoms with Crippen LogP contribution in [0.4, 0.5) is 0 Å². The molecule has 0 aromatic carbocycles. The van der Waals surface area contributed by atoms with E-state index in [1.807, 2.05) is 0 Å². The van der Waals surface area contributed by atoms with Crippen molar-refractivity contribution in [3.63, 3.8) is 0 Å². The number of nitrogens with two attached hydrogens (primary N) is 1. The van der Waals surface area contributed by atoms with Gasteiger partial charge < -0.3 is 15.0 Å². The van der Waals surface area contributed by atoms with E-state index in [-0.39, 0.29) is 0 Å². The molecule has 0 fully saturated rings. The van der Waals surface area contributed by atoms with Crippen LogP contribution in [0.1, 0.15) is 5.56 Å². The van der Waals surface area contributed by atoms with Crippen LogP contribution in [0.25, 0.3) is 0 Å². The van der Waals surface area contributed by atoms with Crippen molar-refractivity contribution in [2.45, 2.75) is 13.0 Å². The van der Waals surface area contributed by atoms with E-state index < -0.39 is 0 Å². The molecule has 3 nitrogen and oxygen atoms in total. The van der Waals surface area contributed by atoms with Crippen LogP contribution in [0.5, 0.6) is 0 Å². The van der Waals surface area contributed by atoms with E-state index in [2.05, 4.69) is 23.0 Å². The molecule has 0 bridgehead atoms. The first-order chi connectivity index (χ1) is 5.86. The van der Waals surface area contributed by atoms with Gasteiger partial charge in [-0.1, -0.05) is 0 Å². The molecule has 0 amide bonds. The van der Waals surface area contributed by atoms with Gasteiger partial charge in [-0.15, -0.1) is 0 Å². The molecule has 0 saturated carbocycles. The van der Waals surface area contributed by atoms with Gasteiger partial charge in [0.1, 0.15) is 0 Å². The lowest BCUT2D eigenvalue weighted by Gasteiger charge is -1.99. The molecule has 2 N–H and O–H groups in total. The standard InChI is InChI=1S/C9H16N2O/c1-12-7-6-11-5-3-9(8-11)2-4-10/h3,5,8H,2,4,6-7,10H2,1H3. The van der Waals surface area contributed by atoms with Gasteiger partial charge in [0, 0.05) is 26.0 Å². The maximum Gasteiger partial charge on any atom is 0.0641 e. The Morgan fingerprint density at radius 3 is 3.08 bits per heavy atom. The fourth-order valence-electron chi connectivity index (χ4n) is 1.14. The first kappa shape index (κ1) is 9.29. The van der Waals surface area contributed by atoms with Crippen LogP contribution in [0.3, 0.4) is 0 Å². The normalized spacial score (nSPS) is 10.5. The lowest BCUT2D eigenvalue weighted by molar-refractivity contribution is 0.187. The molecule has 3 heteroatoms. The number of nitrogens with zero attached hydrogens (tertiary/aromatic N) is 1. The third-order valence-corrected chi connectivity index (χ3v) is 1.80. The molecule has 0 atom stereocenters. The van der Waals surface area contributed by atoms with Gasteiger partial charge in [0.25, 0.3) is 0 Å². The highest BCUT2D eigenvalue weighted by Crippen LogP contribution is 2.01. The summed E-state index contributed by atoms with van der Waals surface area (Å²) in [4.78, 5) is 0. The summed E-state index contributed by atoms with van der Waals surface area (Å²) in [5.41, 5.74) is 6.74. The summed E-state index contributed by atoms with van der Waals surface area (Å²) in [7, 11) is 1.71. The van der Waals surface area contributed by atoms with Crippen molar-refractivity contribution in [2.24, 2.45) is 5.73 Å². The summed E-state index contributed by atoms with van der Waals surface area (Å²) in [6.07, 6.45) is 5.13. The fourth-order valence-corrected chi connectivity index (χ4v) is 1.14. The topological polar surface area (TPSA) is 40.2 Å². The molecule has 1 rings (SSSR count). The van der Waals surface area contributed by atoms with Gasteiger partial charge in [-0.25, -0.2) is 0 Å². The molecule has 1 aromatic heterocycles. The van der Waals surface area contributed by atoms with E-state index in [0.717, 1.165) is 19.6 Å². The zero-order valence-electron chi connectivity index (χ0n) is 7.49. The largest absolute Gasteiger partial charge is 0.383 e. The van der Waals surface area contributed by atoms with E-state index in [1.54, 1.807) is 7.11 Å². The van der Waals surface area contributed by atoms with E-state index in [1.165, 1.54) is 5.56 Å². The fraction of sp³-hybridized carbons (Fsp3) is 0.556. The maximum atomic E-state index is 5.44. The Hall–Kier alpha value is -0.800. The van der Waals surface area contributed by atoms with Crippen molar-refractivity contribution >= 4 is 0 Å². The second kappa shape index (κ2) is 4.95. The number of rotatable bonds is 5. The van der Waals surface area contributed by atoms with Gasteiger partial charge in [-0.3, -0.25) is 0 Å². The van der Waals surface area contributed by atoms with Crippen LogP contribution in [0.2, 0.25) is 0 Å². The lowest BCUT2D eigenvalue weighted by Crippen LogP contribution is -2.03.